The number of nitrogens with one attached hydrogen (secondary N) is 1. The molecule has 1 aliphatic rings. The number of hydrogen-bond donors (Lipinski definition) is 1. The molecule has 0 saturated carbocycles. The second-order valence-electron chi connectivity index (χ2n) is 6.38. The van der Waals surface area contributed by atoms with Gasteiger partial charge in [0.05, 0.1) is 11.7 Å². The second kappa shape index (κ2) is 6.57. The van der Waals surface area contributed by atoms with Crippen molar-refractivity contribution in [2.75, 3.05) is 0 Å². The molecule has 1 atom stereocenters. The lowest BCUT2D eigenvalue weighted by Crippen LogP contribution is -2.27. The van der Waals surface area contributed by atoms with E-state index in [0.717, 1.165) is 24.0 Å². The van der Waals surface area contributed by atoms with Gasteiger partial charge in [0.2, 0.25) is 11.6 Å². The van der Waals surface area contributed by atoms with Crippen LogP contribution in [0.15, 0.2) is 27.1 Å². The van der Waals surface area contributed by atoms with Gasteiger partial charge in [-0.25, -0.2) is 4.98 Å². The number of fused-ring (bicyclic) bond motifs is 1. The van der Waals surface area contributed by atoms with Crippen molar-refractivity contribution in [3.63, 3.8) is 0 Å². The Morgan fingerprint density at radius 1 is 1.30 bits per heavy atom. The molecular weight excluding hydrogens is 358 g/mol. The Hall–Kier alpha value is -3.10. The van der Waals surface area contributed by atoms with Gasteiger partial charge in [-0.15, -0.1) is 0 Å². The van der Waals surface area contributed by atoms with E-state index in [1.54, 1.807) is 19.9 Å². The number of rotatable bonds is 4. The average Bonchev–Trinajstić information content (AvgIpc) is 3.33. The molecule has 0 radical (unpaired) electrons. The molecule has 9 heteroatoms. The number of amides is 1. The summed E-state index contributed by atoms with van der Waals surface area (Å²) in [5.74, 6) is -0.238. The molecule has 27 heavy (non-hydrogen) atoms. The van der Waals surface area contributed by atoms with Crippen molar-refractivity contribution in [1.29, 1.82) is 0 Å². The monoisotopic (exact) mass is 374 g/mol. The summed E-state index contributed by atoms with van der Waals surface area (Å²) in [7, 11) is 0. The highest BCUT2D eigenvalue weighted by atomic mass is 19.3. The summed E-state index contributed by atoms with van der Waals surface area (Å²) in [6, 6.07) is 5.26. The minimum atomic E-state index is -2.80. The summed E-state index contributed by atoms with van der Waals surface area (Å²) in [6.45, 7) is 3.41. The molecule has 1 aliphatic carbocycles. The van der Waals surface area contributed by atoms with Crippen molar-refractivity contribution >= 4 is 5.91 Å². The normalized spacial score (nSPS) is 16.0. The summed E-state index contributed by atoms with van der Waals surface area (Å²) >= 11 is 0. The maximum atomic E-state index is 12.6. The molecule has 0 fully saturated rings. The number of aryl methyl sites for hydroxylation is 3. The fourth-order valence-electron chi connectivity index (χ4n) is 3.31. The van der Waals surface area contributed by atoms with Gasteiger partial charge in [0, 0.05) is 12.5 Å². The molecule has 1 amide bonds. The fourth-order valence-corrected chi connectivity index (χ4v) is 3.31. The average molecular weight is 374 g/mol. The number of oxazole rings is 1. The van der Waals surface area contributed by atoms with Crippen molar-refractivity contribution in [2.24, 2.45) is 0 Å². The molecule has 3 aromatic rings. The Kier molecular flexibility index (Phi) is 4.21. The van der Waals surface area contributed by atoms with E-state index in [1.807, 2.05) is 12.1 Å². The Balaban J connectivity index is 1.54. The number of halogens is 2. The van der Waals surface area contributed by atoms with Gasteiger partial charge in [-0.3, -0.25) is 4.79 Å². The van der Waals surface area contributed by atoms with E-state index in [-0.39, 0.29) is 23.5 Å². The molecule has 2 heterocycles. The first kappa shape index (κ1) is 17.3. The SMILES string of the molecule is Cc1nc(C)c(C(=O)NC2CCc3cc(-c4noc(C(F)F)n4)ccc32)o1. The summed E-state index contributed by atoms with van der Waals surface area (Å²) in [6.07, 6.45) is -1.34. The highest BCUT2D eigenvalue weighted by Crippen LogP contribution is 2.34. The van der Waals surface area contributed by atoms with Crippen LogP contribution in [-0.4, -0.2) is 21.0 Å². The third-order valence-corrected chi connectivity index (χ3v) is 4.52. The van der Waals surface area contributed by atoms with Crippen LogP contribution in [-0.2, 0) is 6.42 Å². The Bertz CT molecular complexity index is 1010. The minimum Gasteiger partial charge on any atom is -0.436 e. The first-order chi connectivity index (χ1) is 12.9. The molecule has 0 saturated heterocycles. The Labute approximate surface area is 152 Å². The number of hydrogen-bond acceptors (Lipinski definition) is 6. The number of nitrogens with zero attached hydrogens (tertiary/aromatic N) is 3. The van der Waals surface area contributed by atoms with Crippen LogP contribution in [0.25, 0.3) is 11.4 Å². The Morgan fingerprint density at radius 2 is 2.11 bits per heavy atom. The number of carbonyl (C=O) groups is 1. The van der Waals surface area contributed by atoms with Crippen LogP contribution in [0.3, 0.4) is 0 Å². The van der Waals surface area contributed by atoms with E-state index in [1.165, 1.54) is 0 Å². The molecule has 7 nitrogen and oxygen atoms in total. The van der Waals surface area contributed by atoms with Gasteiger partial charge in [0.15, 0.2) is 5.89 Å². The highest BCUT2D eigenvalue weighted by Gasteiger charge is 2.27. The lowest BCUT2D eigenvalue weighted by molar-refractivity contribution is 0.0906. The molecule has 2 aromatic heterocycles. The summed E-state index contributed by atoms with van der Waals surface area (Å²) in [5, 5.41) is 6.56. The van der Waals surface area contributed by atoms with Crippen molar-refractivity contribution in [1.82, 2.24) is 20.4 Å². The molecule has 0 bridgehead atoms. The van der Waals surface area contributed by atoms with E-state index < -0.39 is 12.3 Å². The predicted octanol–water partition coefficient (Wildman–Crippen LogP) is 3.70. The largest absolute Gasteiger partial charge is 0.436 e. The van der Waals surface area contributed by atoms with Gasteiger partial charge in [-0.05, 0) is 37.0 Å². The standard InChI is InChI=1S/C18H16F2N4O3/c1-8-14(26-9(2)21-8)17(25)22-13-6-4-10-7-11(3-5-12(10)13)16-23-18(15(19)20)27-24-16/h3,5,7,13,15H,4,6H2,1-2H3,(H,22,25). The zero-order valence-electron chi connectivity index (χ0n) is 14.6. The van der Waals surface area contributed by atoms with E-state index in [0.29, 0.717) is 17.1 Å². The van der Waals surface area contributed by atoms with Crippen LogP contribution < -0.4 is 5.32 Å². The summed E-state index contributed by atoms with van der Waals surface area (Å²) < 4.78 is 35.1. The maximum absolute atomic E-state index is 12.6. The van der Waals surface area contributed by atoms with Crippen molar-refractivity contribution in [3.05, 3.63) is 52.6 Å². The molecule has 140 valence electrons. The zero-order valence-corrected chi connectivity index (χ0v) is 14.6. The number of benzene rings is 1. The van der Waals surface area contributed by atoms with E-state index in [2.05, 4.69) is 25.0 Å². The van der Waals surface area contributed by atoms with E-state index in [4.69, 9.17) is 4.42 Å². The van der Waals surface area contributed by atoms with Crippen LogP contribution in [0, 0.1) is 13.8 Å². The van der Waals surface area contributed by atoms with Crippen molar-refractivity contribution in [2.45, 2.75) is 39.2 Å². The molecule has 1 aromatic carbocycles. The number of carbonyl (C=O) groups excluding carboxylic acids is 1. The van der Waals surface area contributed by atoms with Gasteiger partial charge in [0.1, 0.15) is 0 Å². The molecule has 0 spiro atoms. The van der Waals surface area contributed by atoms with Crippen LogP contribution in [0.1, 0.15) is 58.0 Å². The third kappa shape index (κ3) is 3.20. The number of aromatic nitrogens is 3. The maximum Gasteiger partial charge on any atom is 0.315 e. The van der Waals surface area contributed by atoms with Gasteiger partial charge >= 0.3 is 6.43 Å². The van der Waals surface area contributed by atoms with Gasteiger partial charge in [-0.2, -0.15) is 13.8 Å². The first-order valence-corrected chi connectivity index (χ1v) is 8.42. The fraction of sp³-hybridized carbons (Fsp3) is 0.333. The van der Waals surface area contributed by atoms with Crippen LogP contribution in [0.2, 0.25) is 0 Å². The van der Waals surface area contributed by atoms with Crippen LogP contribution in [0.4, 0.5) is 8.78 Å². The lowest BCUT2D eigenvalue weighted by Gasteiger charge is -2.13. The van der Waals surface area contributed by atoms with Gasteiger partial charge < -0.3 is 14.3 Å². The molecule has 4 rings (SSSR count). The first-order valence-electron chi connectivity index (χ1n) is 8.42. The summed E-state index contributed by atoms with van der Waals surface area (Å²) in [5.41, 5.74) is 3.12. The quantitative estimate of drug-likeness (QED) is 0.748. The lowest BCUT2D eigenvalue weighted by atomic mass is 10.0. The van der Waals surface area contributed by atoms with Gasteiger partial charge in [-0.1, -0.05) is 17.3 Å². The molecular formula is C18H16F2N4O3. The van der Waals surface area contributed by atoms with E-state index in [9.17, 15) is 13.6 Å². The number of alkyl halides is 2. The van der Waals surface area contributed by atoms with Crippen molar-refractivity contribution < 1.29 is 22.5 Å². The van der Waals surface area contributed by atoms with Crippen LogP contribution >= 0.6 is 0 Å². The molecule has 1 N–H and O–H groups in total. The predicted molar refractivity (Wildman–Crippen MR) is 89.2 cm³/mol. The van der Waals surface area contributed by atoms with Crippen LogP contribution in [0.5, 0.6) is 0 Å². The highest BCUT2D eigenvalue weighted by molar-refractivity contribution is 5.92. The van der Waals surface area contributed by atoms with E-state index >= 15 is 0 Å². The van der Waals surface area contributed by atoms with Gasteiger partial charge in [0.25, 0.3) is 11.8 Å². The smallest absolute Gasteiger partial charge is 0.315 e. The topological polar surface area (TPSA) is 94.1 Å². The third-order valence-electron chi connectivity index (χ3n) is 4.52. The minimum absolute atomic E-state index is 0.119. The Morgan fingerprint density at radius 3 is 2.78 bits per heavy atom. The zero-order chi connectivity index (χ0) is 19.1. The summed E-state index contributed by atoms with van der Waals surface area (Å²) in [4.78, 5) is 20.3. The molecule has 1 unspecified atom stereocenters. The second-order valence-corrected chi connectivity index (χ2v) is 6.38. The van der Waals surface area contributed by atoms with Crippen molar-refractivity contribution in [3.8, 4) is 11.4 Å². The molecule has 0 aliphatic heterocycles.